The van der Waals surface area contributed by atoms with Gasteiger partial charge in [-0.05, 0) is 62.2 Å². The molecule has 2 heteroatoms. The summed E-state index contributed by atoms with van der Waals surface area (Å²) in [7, 11) is 0. The SMILES string of the molecule is CCCCCC1CC(CCC2CCC2CCCCCCCC(=O)O)C1. The first-order chi connectivity index (χ1) is 12.2. The predicted octanol–water partition coefficient (Wildman–Crippen LogP) is 7.21. The number of carboxylic acid groups (broad SMARTS) is 1. The van der Waals surface area contributed by atoms with Crippen molar-refractivity contribution < 1.29 is 9.90 Å². The van der Waals surface area contributed by atoms with Crippen molar-refractivity contribution in [3.63, 3.8) is 0 Å². The fourth-order valence-electron chi connectivity index (χ4n) is 5.09. The van der Waals surface area contributed by atoms with Gasteiger partial charge in [0.1, 0.15) is 0 Å². The third kappa shape index (κ3) is 8.13. The van der Waals surface area contributed by atoms with Gasteiger partial charge >= 0.3 is 5.97 Å². The third-order valence-electron chi connectivity index (χ3n) is 7.04. The van der Waals surface area contributed by atoms with Crippen LogP contribution in [0.2, 0.25) is 0 Å². The average Bonchev–Trinajstić information content (AvgIpc) is 2.53. The maximum atomic E-state index is 10.5. The highest BCUT2D eigenvalue weighted by atomic mass is 16.4. The Labute approximate surface area is 156 Å². The molecule has 2 unspecified atom stereocenters. The van der Waals surface area contributed by atoms with Crippen LogP contribution in [0.25, 0.3) is 0 Å². The number of unbranched alkanes of at least 4 members (excludes halogenated alkanes) is 6. The molecule has 0 radical (unpaired) electrons. The zero-order valence-corrected chi connectivity index (χ0v) is 16.7. The molecule has 2 aliphatic rings. The van der Waals surface area contributed by atoms with Gasteiger partial charge in [0.15, 0.2) is 0 Å². The van der Waals surface area contributed by atoms with E-state index in [0.29, 0.717) is 6.42 Å². The molecule has 2 atom stereocenters. The minimum Gasteiger partial charge on any atom is -0.481 e. The Kier molecular flexibility index (Phi) is 9.94. The number of carboxylic acids is 1. The lowest BCUT2D eigenvalue weighted by Gasteiger charge is -2.41. The maximum Gasteiger partial charge on any atom is 0.303 e. The van der Waals surface area contributed by atoms with Gasteiger partial charge in [-0.25, -0.2) is 0 Å². The van der Waals surface area contributed by atoms with Crippen molar-refractivity contribution in [1.82, 2.24) is 0 Å². The molecule has 25 heavy (non-hydrogen) atoms. The molecule has 2 saturated carbocycles. The van der Waals surface area contributed by atoms with Gasteiger partial charge in [-0.3, -0.25) is 4.79 Å². The van der Waals surface area contributed by atoms with Crippen LogP contribution in [0.1, 0.15) is 116 Å². The summed E-state index contributed by atoms with van der Waals surface area (Å²) in [6.07, 6.45) is 22.5. The lowest BCUT2D eigenvalue weighted by molar-refractivity contribution is -0.137. The topological polar surface area (TPSA) is 37.3 Å². The summed E-state index contributed by atoms with van der Waals surface area (Å²) < 4.78 is 0. The van der Waals surface area contributed by atoms with Gasteiger partial charge in [0.05, 0.1) is 0 Å². The molecule has 0 aromatic heterocycles. The Morgan fingerprint density at radius 2 is 1.36 bits per heavy atom. The van der Waals surface area contributed by atoms with Crippen LogP contribution in [0.3, 0.4) is 0 Å². The van der Waals surface area contributed by atoms with Crippen LogP contribution in [-0.2, 0) is 4.79 Å². The number of carbonyl (C=O) groups is 1. The van der Waals surface area contributed by atoms with Crippen LogP contribution in [0, 0.1) is 23.7 Å². The molecule has 0 aromatic carbocycles. The number of aliphatic carboxylic acids is 1. The second-order valence-corrected chi connectivity index (χ2v) is 9.07. The third-order valence-corrected chi connectivity index (χ3v) is 7.04. The van der Waals surface area contributed by atoms with E-state index in [4.69, 9.17) is 5.11 Å². The van der Waals surface area contributed by atoms with Crippen LogP contribution in [0.5, 0.6) is 0 Å². The van der Waals surface area contributed by atoms with Gasteiger partial charge in [0, 0.05) is 6.42 Å². The standard InChI is InChI=1S/C23H42O2/c1-2-3-7-10-19-17-20(18-19)13-14-22-16-15-21(22)11-8-5-4-6-9-12-23(24)25/h19-22H,2-18H2,1H3,(H,24,25). The molecule has 0 bridgehead atoms. The van der Waals surface area contributed by atoms with Gasteiger partial charge in [0.25, 0.3) is 0 Å². The Morgan fingerprint density at radius 3 is 2.04 bits per heavy atom. The van der Waals surface area contributed by atoms with Gasteiger partial charge < -0.3 is 5.11 Å². The van der Waals surface area contributed by atoms with Crippen molar-refractivity contribution in [1.29, 1.82) is 0 Å². The van der Waals surface area contributed by atoms with Crippen molar-refractivity contribution in [3.05, 3.63) is 0 Å². The molecular formula is C23H42O2. The minimum absolute atomic E-state index is 0.353. The molecule has 0 saturated heterocycles. The highest BCUT2D eigenvalue weighted by Crippen LogP contribution is 2.45. The fraction of sp³-hybridized carbons (Fsp3) is 0.957. The summed E-state index contributed by atoms with van der Waals surface area (Å²) in [5.74, 6) is 3.58. The summed E-state index contributed by atoms with van der Waals surface area (Å²) >= 11 is 0. The molecule has 0 heterocycles. The molecule has 2 fully saturated rings. The van der Waals surface area contributed by atoms with Crippen molar-refractivity contribution in [3.8, 4) is 0 Å². The summed E-state index contributed by atoms with van der Waals surface area (Å²) in [6.45, 7) is 2.30. The lowest BCUT2D eigenvalue weighted by Crippen LogP contribution is -2.29. The monoisotopic (exact) mass is 350 g/mol. The van der Waals surface area contributed by atoms with Crippen LogP contribution < -0.4 is 0 Å². The molecule has 1 N–H and O–H groups in total. The minimum atomic E-state index is -0.643. The van der Waals surface area contributed by atoms with Crippen LogP contribution in [0.15, 0.2) is 0 Å². The van der Waals surface area contributed by atoms with E-state index in [9.17, 15) is 4.79 Å². The quantitative estimate of drug-likeness (QED) is 0.317. The van der Waals surface area contributed by atoms with Crippen molar-refractivity contribution in [2.24, 2.45) is 23.7 Å². The fourth-order valence-corrected chi connectivity index (χ4v) is 5.09. The molecule has 2 aliphatic carbocycles. The van der Waals surface area contributed by atoms with Gasteiger partial charge in [-0.1, -0.05) is 71.1 Å². The first-order valence-corrected chi connectivity index (χ1v) is 11.4. The second-order valence-electron chi connectivity index (χ2n) is 9.07. The molecule has 0 aliphatic heterocycles. The summed E-state index contributed by atoms with van der Waals surface area (Å²) in [5.41, 5.74) is 0. The Bertz CT molecular complexity index is 359. The van der Waals surface area contributed by atoms with Crippen molar-refractivity contribution in [2.75, 3.05) is 0 Å². The number of hydrogen-bond donors (Lipinski definition) is 1. The van der Waals surface area contributed by atoms with E-state index in [1.54, 1.807) is 0 Å². The summed E-state index contributed by atoms with van der Waals surface area (Å²) in [4.78, 5) is 10.5. The Morgan fingerprint density at radius 1 is 0.760 bits per heavy atom. The Balaban J connectivity index is 1.40. The van der Waals surface area contributed by atoms with Gasteiger partial charge in [-0.15, -0.1) is 0 Å². The van der Waals surface area contributed by atoms with Crippen molar-refractivity contribution >= 4 is 5.97 Å². The molecule has 0 amide bonds. The smallest absolute Gasteiger partial charge is 0.303 e. The largest absolute Gasteiger partial charge is 0.481 e. The maximum absolute atomic E-state index is 10.5. The Hall–Kier alpha value is -0.530. The summed E-state index contributed by atoms with van der Waals surface area (Å²) in [5, 5.41) is 8.63. The van der Waals surface area contributed by atoms with Crippen LogP contribution in [-0.4, -0.2) is 11.1 Å². The van der Waals surface area contributed by atoms with Gasteiger partial charge in [0.2, 0.25) is 0 Å². The normalized spacial score (nSPS) is 28.4. The molecular weight excluding hydrogens is 308 g/mol. The van der Waals surface area contributed by atoms with Gasteiger partial charge in [-0.2, -0.15) is 0 Å². The van der Waals surface area contributed by atoms with E-state index in [-0.39, 0.29) is 0 Å². The number of hydrogen-bond acceptors (Lipinski definition) is 1. The predicted molar refractivity (Wildman–Crippen MR) is 106 cm³/mol. The van der Waals surface area contributed by atoms with Crippen molar-refractivity contribution in [2.45, 2.75) is 116 Å². The first-order valence-electron chi connectivity index (χ1n) is 11.4. The molecule has 0 aromatic rings. The molecule has 0 spiro atoms. The highest BCUT2D eigenvalue weighted by Gasteiger charge is 2.33. The average molecular weight is 351 g/mol. The second kappa shape index (κ2) is 12.0. The molecule has 2 nitrogen and oxygen atoms in total. The zero-order valence-electron chi connectivity index (χ0n) is 16.7. The van der Waals surface area contributed by atoms with E-state index in [1.165, 1.54) is 89.9 Å². The lowest BCUT2D eigenvalue weighted by atomic mass is 9.65. The molecule has 146 valence electrons. The van der Waals surface area contributed by atoms with E-state index < -0.39 is 5.97 Å². The highest BCUT2D eigenvalue weighted by molar-refractivity contribution is 5.66. The number of rotatable bonds is 15. The summed E-state index contributed by atoms with van der Waals surface area (Å²) in [6, 6.07) is 0. The van der Waals surface area contributed by atoms with Crippen LogP contribution >= 0.6 is 0 Å². The van der Waals surface area contributed by atoms with E-state index in [0.717, 1.165) is 36.5 Å². The zero-order chi connectivity index (χ0) is 17.9. The molecule has 2 rings (SSSR count). The van der Waals surface area contributed by atoms with E-state index >= 15 is 0 Å². The first kappa shape index (κ1) is 20.8. The van der Waals surface area contributed by atoms with E-state index in [2.05, 4.69) is 6.92 Å². The van der Waals surface area contributed by atoms with Crippen LogP contribution in [0.4, 0.5) is 0 Å². The van der Waals surface area contributed by atoms with E-state index in [1.807, 2.05) is 0 Å².